The van der Waals surface area contributed by atoms with Crippen LogP contribution in [-0.4, -0.2) is 31.1 Å². The van der Waals surface area contributed by atoms with Gasteiger partial charge in [-0.15, -0.1) is 24.0 Å². The van der Waals surface area contributed by atoms with Crippen LogP contribution >= 0.6 is 24.0 Å². The number of hydrogen-bond acceptors (Lipinski definition) is 3. The number of aliphatic imine (C=N–C) groups is 1. The Morgan fingerprint density at radius 3 is 2.54 bits per heavy atom. The van der Waals surface area contributed by atoms with E-state index >= 15 is 0 Å². The highest BCUT2D eigenvalue weighted by Crippen LogP contribution is 2.07. The van der Waals surface area contributed by atoms with Gasteiger partial charge in [0.05, 0.1) is 6.61 Å². The number of benzene rings is 1. The summed E-state index contributed by atoms with van der Waals surface area (Å²) in [4.78, 5) is 8.56. The maximum atomic E-state index is 5.49. The molecule has 1 aromatic heterocycles. The summed E-state index contributed by atoms with van der Waals surface area (Å²) in [5.41, 5.74) is 2.46. The maximum Gasteiger partial charge on any atom is 0.213 e. The van der Waals surface area contributed by atoms with Gasteiger partial charge >= 0.3 is 0 Å². The van der Waals surface area contributed by atoms with Gasteiger partial charge in [-0.05, 0) is 30.4 Å². The van der Waals surface area contributed by atoms with Crippen molar-refractivity contribution in [2.45, 2.75) is 32.7 Å². The van der Waals surface area contributed by atoms with Crippen LogP contribution in [0.4, 0.5) is 0 Å². The van der Waals surface area contributed by atoms with E-state index in [9.17, 15) is 0 Å². The number of rotatable bonds is 9. The summed E-state index contributed by atoms with van der Waals surface area (Å²) in [5, 5.41) is 6.65. The molecule has 26 heavy (non-hydrogen) atoms. The fourth-order valence-corrected chi connectivity index (χ4v) is 2.36. The minimum atomic E-state index is 0. The number of pyridine rings is 1. The first-order valence-corrected chi connectivity index (χ1v) is 8.88. The summed E-state index contributed by atoms with van der Waals surface area (Å²) in [5.74, 6) is 1.48. The molecule has 0 radical (unpaired) electrons. The van der Waals surface area contributed by atoms with Crippen molar-refractivity contribution in [3.05, 3.63) is 59.8 Å². The monoisotopic (exact) mass is 468 g/mol. The SMILES string of the molecule is CCCOc1ccc(CNC(=NC)NCCCc2ccccc2)cn1.I. The smallest absolute Gasteiger partial charge is 0.213 e. The first kappa shape index (κ1) is 22.2. The summed E-state index contributed by atoms with van der Waals surface area (Å²) in [7, 11) is 1.78. The quantitative estimate of drug-likeness (QED) is 0.255. The van der Waals surface area contributed by atoms with E-state index in [-0.39, 0.29) is 24.0 Å². The van der Waals surface area contributed by atoms with Crippen LogP contribution in [0.25, 0.3) is 0 Å². The van der Waals surface area contributed by atoms with E-state index in [0.717, 1.165) is 37.3 Å². The Labute approximate surface area is 173 Å². The molecule has 0 saturated heterocycles. The second kappa shape index (κ2) is 13.4. The van der Waals surface area contributed by atoms with Crippen LogP contribution in [0.2, 0.25) is 0 Å². The van der Waals surface area contributed by atoms with Crippen LogP contribution in [0.1, 0.15) is 30.9 Å². The molecule has 1 aromatic carbocycles. The van der Waals surface area contributed by atoms with Gasteiger partial charge in [-0.3, -0.25) is 4.99 Å². The Morgan fingerprint density at radius 2 is 1.88 bits per heavy atom. The predicted molar refractivity (Wildman–Crippen MR) is 118 cm³/mol. The normalized spacial score (nSPS) is 10.8. The van der Waals surface area contributed by atoms with Crippen LogP contribution in [0.15, 0.2) is 53.7 Å². The first-order chi connectivity index (χ1) is 12.3. The van der Waals surface area contributed by atoms with Crippen molar-refractivity contribution >= 4 is 29.9 Å². The molecule has 0 aliphatic carbocycles. The first-order valence-electron chi connectivity index (χ1n) is 8.88. The maximum absolute atomic E-state index is 5.49. The molecule has 2 rings (SSSR count). The highest BCUT2D eigenvalue weighted by molar-refractivity contribution is 14.0. The summed E-state index contributed by atoms with van der Waals surface area (Å²) < 4.78 is 5.49. The third-order valence-corrected chi connectivity index (χ3v) is 3.71. The minimum Gasteiger partial charge on any atom is -0.478 e. The molecule has 0 aliphatic heterocycles. The van der Waals surface area contributed by atoms with E-state index in [0.29, 0.717) is 19.0 Å². The van der Waals surface area contributed by atoms with Gasteiger partial charge in [0.15, 0.2) is 5.96 Å². The van der Waals surface area contributed by atoms with Crippen molar-refractivity contribution in [3.63, 3.8) is 0 Å². The van der Waals surface area contributed by atoms with E-state index in [1.165, 1.54) is 5.56 Å². The molecule has 0 bridgehead atoms. The van der Waals surface area contributed by atoms with Crippen molar-refractivity contribution in [2.24, 2.45) is 4.99 Å². The Balaban J connectivity index is 0.00000338. The lowest BCUT2D eigenvalue weighted by Crippen LogP contribution is -2.37. The van der Waals surface area contributed by atoms with Gasteiger partial charge < -0.3 is 15.4 Å². The lowest BCUT2D eigenvalue weighted by atomic mass is 10.1. The third kappa shape index (κ3) is 8.51. The molecular formula is C20H29IN4O. The Bertz CT molecular complexity index is 632. The zero-order valence-corrected chi connectivity index (χ0v) is 17.9. The lowest BCUT2D eigenvalue weighted by Gasteiger charge is -2.12. The Kier molecular flexibility index (Phi) is 11.4. The summed E-state index contributed by atoms with van der Waals surface area (Å²) in [6.07, 6.45) is 4.95. The van der Waals surface area contributed by atoms with Crippen molar-refractivity contribution in [3.8, 4) is 5.88 Å². The number of aromatic nitrogens is 1. The molecule has 142 valence electrons. The third-order valence-electron chi connectivity index (χ3n) is 3.71. The molecule has 0 amide bonds. The van der Waals surface area contributed by atoms with E-state index in [4.69, 9.17) is 4.74 Å². The van der Waals surface area contributed by atoms with Gasteiger partial charge in [0, 0.05) is 32.4 Å². The topological polar surface area (TPSA) is 58.5 Å². The number of hydrogen-bond donors (Lipinski definition) is 2. The van der Waals surface area contributed by atoms with Gasteiger partial charge in [0.2, 0.25) is 5.88 Å². The molecule has 5 nitrogen and oxygen atoms in total. The van der Waals surface area contributed by atoms with E-state index in [1.54, 1.807) is 7.05 Å². The van der Waals surface area contributed by atoms with Crippen LogP contribution < -0.4 is 15.4 Å². The molecule has 0 saturated carbocycles. The Hall–Kier alpha value is -1.83. The van der Waals surface area contributed by atoms with E-state index in [2.05, 4.69) is 51.8 Å². The molecule has 2 N–H and O–H groups in total. The zero-order chi connectivity index (χ0) is 17.7. The molecule has 1 heterocycles. The Morgan fingerprint density at radius 1 is 1.08 bits per heavy atom. The number of aryl methyl sites for hydroxylation is 1. The molecule has 6 heteroatoms. The molecule has 0 fully saturated rings. The van der Waals surface area contributed by atoms with Crippen LogP contribution in [0.3, 0.4) is 0 Å². The number of nitrogens with one attached hydrogen (secondary N) is 2. The lowest BCUT2D eigenvalue weighted by molar-refractivity contribution is 0.305. The molecule has 2 aromatic rings. The van der Waals surface area contributed by atoms with E-state index < -0.39 is 0 Å². The molecule has 0 unspecified atom stereocenters. The summed E-state index contributed by atoms with van der Waals surface area (Å²) in [6, 6.07) is 14.5. The average Bonchev–Trinajstić information content (AvgIpc) is 2.67. The second-order valence-electron chi connectivity index (χ2n) is 5.79. The average molecular weight is 468 g/mol. The number of guanidine groups is 1. The number of halogens is 1. The second-order valence-corrected chi connectivity index (χ2v) is 5.79. The zero-order valence-electron chi connectivity index (χ0n) is 15.6. The molecule has 0 aliphatic rings. The molecule has 0 atom stereocenters. The summed E-state index contributed by atoms with van der Waals surface area (Å²) in [6.45, 7) is 4.34. The highest BCUT2D eigenvalue weighted by atomic mass is 127. The van der Waals surface area contributed by atoms with Crippen LogP contribution in [0.5, 0.6) is 5.88 Å². The minimum absolute atomic E-state index is 0. The summed E-state index contributed by atoms with van der Waals surface area (Å²) >= 11 is 0. The van der Waals surface area contributed by atoms with Gasteiger partial charge in [0.25, 0.3) is 0 Å². The standard InChI is InChI=1S/C20H28N4O.HI/c1-3-14-25-19-12-11-18(15-23-19)16-24-20(21-2)22-13-7-10-17-8-5-4-6-9-17;/h4-6,8-9,11-12,15H,3,7,10,13-14,16H2,1-2H3,(H2,21,22,24);1H. The van der Waals surface area contributed by atoms with Crippen molar-refractivity contribution in [1.82, 2.24) is 15.6 Å². The molecule has 0 spiro atoms. The van der Waals surface area contributed by atoms with Gasteiger partial charge in [-0.25, -0.2) is 4.98 Å². The van der Waals surface area contributed by atoms with Gasteiger partial charge in [-0.1, -0.05) is 43.3 Å². The molecular weight excluding hydrogens is 439 g/mol. The fourth-order valence-electron chi connectivity index (χ4n) is 2.36. The van der Waals surface area contributed by atoms with Crippen molar-refractivity contribution < 1.29 is 4.74 Å². The number of ether oxygens (including phenoxy) is 1. The van der Waals surface area contributed by atoms with Crippen LogP contribution in [-0.2, 0) is 13.0 Å². The van der Waals surface area contributed by atoms with Gasteiger partial charge in [-0.2, -0.15) is 0 Å². The van der Waals surface area contributed by atoms with Crippen molar-refractivity contribution in [2.75, 3.05) is 20.2 Å². The fraction of sp³-hybridized carbons (Fsp3) is 0.400. The van der Waals surface area contributed by atoms with Crippen molar-refractivity contribution in [1.29, 1.82) is 0 Å². The predicted octanol–water partition coefficient (Wildman–Crippen LogP) is 3.79. The van der Waals surface area contributed by atoms with Gasteiger partial charge in [0.1, 0.15) is 0 Å². The highest BCUT2D eigenvalue weighted by Gasteiger charge is 2.00. The van der Waals surface area contributed by atoms with Crippen LogP contribution in [0, 0.1) is 0 Å². The van der Waals surface area contributed by atoms with E-state index in [1.807, 2.05) is 24.4 Å². The largest absolute Gasteiger partial charge is 0.478 e. The number of nitrogens with zero attached hydrogens (tertiary/aromatic N) is 2.